The van der Waals surface area contributed by atoms with Gasteiger partial charge < -0.3 is 15.2 Å². The molecule has 0 saturated carbocycles. The SMILES string of the molecule is COc1ccc(Oc2cc(CN)ccc2C)nc1. The molecule has 0 aliphatic heterocycles. The molecule has 0 fully saturated rings. The number of benzene rings is 1. The highest BCUT2D eigenvalue weighted by atomic mass is 16.5. The van der Waals surface area contributed by atoms with Crippen molar-refractivity contribution in [3.8, 4) is 17.4 Å². The summed E-state index contributed by atoms with van der Waals surface area (Å²) in [7, 11) is 1.60. The van der Waals surface area contributed by atoms with Gasteiger partial charge in [0.05, 0.1) is 13.3 Å². The molecular formula is C14H16N2O2. The lowest BCUT2D eigenvalue weighted by molar-refractivity contribution is 0.407. The summed E-state index contributed by atoms with van der Waals surface area (Å²) in [6, 6.07) is 9.49. The van der Waals surface area contributed by atoms with Gasteiger partial charge in [0.1, 0.15) is 11.5 Å². The first-order chi connectivity index (χ1) is 8.72. The second-order valence-corrected chi connectivity index (χ2v) is 3.94. The summed E-state index contributed by atoms with van der Waals surface area (Å²) < 4.78 is 10.8. The molecule has 4 nitrogen and oxygen atoms in total. The number of pyridine rings is 1. The Bertz CT molecular complexity index is 524. The molecule has 0 aliphatic carbocycles. The third-order valence-electron chi connectivity index (χ3n) is 2.65. The fraction of sp³-hybridized carbons (Fsp3) is 0.214. The van der Waals surface area contributed by atoms with Crippen LogP contribution in [0.3, 0.4) is 0 Å². The zero-order chi connectivity index (χ0) is 13.0. The summed E-state index contributed by atoms with van der Waals surface area (Å²) in [6.45, 7) is 2.48. The molecule has 1 aromatic heterocycles. The molecule has 0 unspecified atom stereocenters. The molecule has 0 spiro atoms. The number of nitrogens with two attached hydrogens (primary N) is 1. The summed E-state index contributed by atoms with van der Waals surface area (Å²) in [5.41, 5.74) is 7.69. The molecule has 2 rings (SSSR count). The lowest BCUT2D eigenvalue weighted by Crippen LogP contribution is -1.98. The van der Waals surface area contributed by atoms with Crippen LogP contribution in [0.15, 0.2) is 36.5 Å². The maximum atomic E-state index is 5.73. The maximum Gasteiger partial charge on any atom is 0.219 e. The third-order valence-corrected chi connectivity index (χ3v) is 2.65. The Morgan fingerprint density at radius 2 is 2.06 bits per heavy atom. The van der Waals surface area contributed by atoms with E-state index in [2.05, 4.69) is 4.98 Å². The minimum Gasteiger partial charge on any atom is -0.495 e. The van der Waals surface area contributed by atoms with Crippen molar-refractivity contribution in [2.45, 2.75) is 13.5 Å². The quantitative estimate of drug-likeness (QED) is 0.898. The Morgan fingerprint density at radius 3 is 2.67 bits per heavy atom. The van der Waals surface area contributed by atoms with Crippen molar-refractivity contribution in [3.05, 3.63) is 47.7 Å². The van der Waals surface area contributed by atoms with Gasteiger partial charge in [-0.15, -0.1) is 0 Å². The van der Waals surface area contributed by atoms with Gasteiger partial charge in [-0.05, 0) is 30.2 Å². The molecule has 0 atom stereocenters. The van der Waals surface area contributed by atoms with Gasteiger partial charge in [-0.1, -0.05) is 12.1 Å². The molecular weight excluding hydrogens is 228 g/mol. The van der Waals surface area contributed by atoms with Gasteiger partial charge in [0.2, 0.25) is 5.88 Å². The average Bonchev–Trinajstić information content (AvgIpc) is 2.42. The summed E-state index contributed by atoms with van der Waals surface area (Å²) in [5, 5.41) is 0. The number of nitrogens with zero attached hydrogens (tertiary/aromatic N) is 1. The first-order valence-electron chi connectivity index (χ1n) is 5.70. The van der Waals surface area contributed by atoms with E-state index < -0.39 is 0 Å². The third kappa shape index (κ3) is 2.78. The molecule has 1 heterocycles. The van der Waals surface area contributed by atoms with Gasteiger partial charge in [-0.2, -0.15) is 0 Å². The predicted octanol–water partition coefficient (Wildman–Crippen LogP) is 2.65. The fourth-order valence-electron chi connectivity index (χ4n) is 1.54. The lowest BCUT2D eigenvalue weighted by Gasteiger charge is -2.09. The van der Waals surface area contributed by atoms with Crippen LogP contribution < -0.4 is 15.2 Å². The van der Waals surface area contributed by atoms with Gasteiger partial charge in [0, 0.05) is 12.6 Å². The van der Waals surface area contributed by atoms with Crippen LogP contribution in [0.25, 0.3) is 0 Å². The summed E-state index contributed by atoms with van der Waals surface area (Å²) >= 11 is 0. The number of ether oxygens (including phenoxy) is 2. The Kier molecular flexibility index (Phi) is 3.79. The van der Waals surface area contributed by atoms with Crippen LogP contribution in [-0.2, 0) is 6.54 Å². The summed E-state index contributed by atoms with van der Waals surface area (Å²) in [6.07, 6.45) is 1.62. The van der Waals surface area contributed by atoms with Gasteiger partial charge in [-0.25, -0.2) is 4.98 Å². The zero-order valence-corrected chi connectivity index (χ0v) is 10.5. The minimum absolute atomic E-state index is 0.493. The minimum atomic E-state index is 0.493. The number of aryl methyl sites for hydroxylation is 1. The van der Waals surface area contributed by atoms with E-state index in [-0.39, 0.29) is 0 Å². The number of hydrogen-bond acceptors (Lipinski definition) is 4. The van der Waals surface area contributed by atoms with Gasteiger partial charge >= 0.3 is 0 Å². The van der Waals surface area contributed by atoms with E-state index in [9.17, 15) is 0 Å². The number of aromatic nitrogens is 1. The van der Waals surface area contributed by atoms with Gasteiger partial charge in [0.15, 0.2) is 0 Å². The van der Waals surface area contributed by atoms with Crippen molar-refractivity contribution < 1.29 is 9.47 Å². The van der Waals surface area contributed by atoms with E-state index in [4.69, 9.17) is 15.2 Å². The molecule has 0 radical (unpaired) electrons. The monoisotopic (exact) mass is 244 g/mol. The number of methoxy groups -OCH3 is 1. The van der Waals surface area contributed by atoms with Crippen LogP contribution in [0.1, 0.15) is 11.1 Å². The van der Waals surface area contributed by atoms with Gasteiger partial charge in [-0.3, -0.25) is 0 Å². The Balaban J connectivity index is 2.21. The molecule has 1 aromatic carbocycles. The largest absolute Gasteiger partial charge is 0.495 e. The molecule has 0 saturated heterocycles. The lowest BCUT2D eigenvalue weighted by atomic mass is 10.1. The van der Waals surface area contributed by atoms with E-state index in [0.717, 1.165) is 16.9 Å². The normalized spacial score (nSPS) is 10.2. The predicted molar refractivity (Wildman–Crippen MR) is 69.9 cm³/mol. The molecule has 4 heteroatoms. The Labute approximate surface area is 106 Å². The fourth-order valence-corrected chi connectivity index (χ4v) is 1.54. The second-order valence-electron chi connectivity index (χ2n) is 3.94. The number of hydrogen-bond donors (Lipinski definition) is 1. The van der Waals surface area contributed by atoms with Crippen LogP contribution in [0.5, 0.6) is 17.4 Å². The first kappa shape index (κ1) is 12.4. The smallest absolute Gasteiger partial charge is 0.219 e. The van der Waals surface area contributed by atoms with E-state index >= 15 is 0 Å². The molecule has 0 bridgehead atoms. The highest BCUT2D eigenvalue weighted by Crippen LogP contribution is 2.25. The molecule has 2 aromatic rings. The zero-order valence-electron chi connectivity index (χ0n) is 10.5. The van der Waals surface area contributed by atoms with Crippen molar-refractivity contribution in [2.24, 2.45) is 5.73 Å². The summed E-state index contributed by atoms with van der Waals surface area (Å²) in [5.74, 6) is 2.01. The molecule has 0 aliphatic rings. The molecule has 94 valence electrons. The highest BCUT2D eigenvalue weighted by molar-refractivity contribution is 5.39. The van der Waals surface area contributed by atoms with Crippen LogP contribution in [0.2, 0.25) is 0 Å². The van der Waals surface area contributed by atoms with Crippen LogP contribution in [0, 0.1) is 6.92 Å². The van der Waals surface area contributed by atoms with E-state index in [1.54, 1.807) is 19.4 Å². The van der Waals surface area contributed by atoms with Crippen molar-refractivity contribution in [1.82, 2.24) is 4.98 Å². The van der Waals surface area contributed by atoms with E-state index in [1.807, 2.05) is 31.2 Å². The van der Waals surface area contributed by atoms with Crippen molar-refractivity contribution in [2.75, 3.05) is 7.11 Å². The van der Waals surface area contributed by atoms with Crippen molar-refractivity contribution in [1.29, 1.82) is 0 Å². The topological polar surface area (TPSA) is 57.4 Å². The van der Waals surface area contributed by atoms with Crippen LogP contribution in [-0.4, -0.2) is 12.1 Å². The van der Waals surface area contributed by atoms with Crippen molar-refractivity contribution >= 4 is 0 Å². The van der Waals surface area contributed by atoms with Crippen LogP contribution in [0.4, 0.5) is 0 Å². The standard InChI is InChI=1S/C14H16N2O2/c1-10-3-4-11(8-15)7-13(10)18-14-6-5-12(17-2)9-16-14/h3-7,9H,8,15H2,1-2H3. The van der Waals surface area contributed by atoms with Crippen LogP contribution >= 0.6 is 0 Å². The van der Waals surface area contributed by atoms with Gasteiger partial charge in [0.25, 0.3) is 0 Å². The molecule has 2 N–H and O–H groups in total. The van der Waals surface area contributed by atoms with E-state index in [1.165, 1.54) is 0 Å². The first-order valence-corrected chi connectivity index (χ1v) is 5.70. The van der Waals surface area contributed by atoms with Crippen molar-refractivity contribution in [3.63, 3.8) is 0 Å². The molecule has 18 heavy (non-hydrogen) atoms. The van der Waals surface area contributed by atoms with E-state index in [0.29, 0.717) is 18.2 Å². The average molecular weight is 244 g/mol. The Hall–Kier alpha value is -2.07. The highest BCUT2D eigenvalue weighted by Gasteiger charge is 2.04. The molecule has 0 amide bonds. The number of rotatable bonds is 4. The Morgan fingerprint density at radius 1 is 1.22 bits per heavy atom. The maximum absolute atomic E-state index is 5.73. The summed E-state index contributed by atoms with van der Waals surface area (Å²) in [4.78, 5) is 4.16. The second kappa shape index (κ2) is 5.51.